The molecule has 0 saturated carbocycles. The third-order valence-electron chi connectivity index (χ3n) is 5.77. The SMILES string of the molecule is Cc1ccc(-c2ccc(C)c(C3=C(O)C(C)(C)C(=O)C(C)(C)C3=O)c2)cc1Cl. The Balaban J connectivity index is 2.25. The number of carbonyl (C=O) groups excluding carboxylic acids is 2. The van der Waals surface area contributed by atoms with Gasteiger partial charge >= 0.3 is 0 Å². The van der Waals surface area contributed by atoms with Crippen molar-refractivity contribution in [2.75, 3.05) is 0 Å². The van der Waals surface area contributed by atoms with Crippen LogP contribution in [0.5, 0.6) is 0 Å². The lowest BCUT2D eigenvalue weighted by Gasteiger charge is -2.38. The van der Waals surface area contributed by atoms with Crippen LogP contribution in [0.15, 0.2) is 42.2 Å². The molecule has 28 heavy (non-hydrogen) atoms. The summed E-state index contributed by atoms with van der Waals surface area (Å²) in [4.78, 5) is 26.0. The summed E-state index contributed by atoms with van der Waals surface area (Å²) in [5.74, 6) is -0.786. The number of allylic oxidation sites excluding steroid dienone is 2. The van der Waals surface area contributed by atoms with Gasteiger partial charge in [0.15, 0.2) is 11.6 Å². The molecule has 4 heteroatoms. The van der Waals surface area contributed by atoms with Gasteiger partial charge in [0, 0.05) is 5.02 Å². The standard InChI is InChI=1S/C24H25ClO3/c1-13-7-9-15(16-10-8-14(2)18(25)12-16)11-17(13)19-20(26)23(3,4)22(28)24(5,6)21(19)27/h7-12,26H,1-6H3. The molecule has 0 aromatic heterocycles. The summed E-state index contributed by atoms with van der Waals surface area (Å²) in [6.07, 6.45) is 0. The number of aliphatic hydroxyl groups is 1. The van der Waals surface area contributed by atoms with Crippen molar-refractivity contribution in [2.45, 2.75) is 41.5 Å². The molecule has 0 amide bonds. The predicted molar refractivity (Wildman–Crippen MR) is 113 cm³/mol. The van der Waals surface area contributed by atoms with Crippen LogP contribution in [-0.4, -0.2) is 16.7 Å². The van der Waals surface area contributed by atoms with Crippen molar-refractivity contribution < 1.29 is 14.7 Å². The third-order valence-corrected chi connectivity index (χ3v) is 6.18. The topological polar surface area (TPSA) is 54.4 Å². The second-order valence-electron chi connectivity index (χ2n) is 8.63. The summed E-state index contributed by atoms with van der Waals surface area (Å²) in [6.45, 7) is 10.4. The van der Waals surface area contributed by atoms with Crippen molar-refractivity contribution in [1.29, 1.82) is 0 Å². The van der Waals surface area contributed by atoms with Crippen molar-refractivity contribution in [3.63, 3.8) is 0 Å². The van der Waals surface area contributed by atoms with Crippen LogP contribution >= 0.6 is 11.6 Å². The lowest BCUT2D eigenvalue weighted by Crippen LogP contribution is -2.48. The number of carbonyl (C=O) groups is 2. The van der Waals surface area contributed by atoms with E-state index in [2.05, 4.69) is 0 Å². The number of hydrogen-bond acceptors (Lipinski definition) is 3. The molecule has 0 spiro atoms. The summed E-state index contributed by atoms with van der Waals surface area (Å²) in [5.41, 5.74) is 2.22. The van der Waals surface area contributed by atoms with E-state index in [1.807, 2.05) is 50.2 Å². The van der Waals surface area contributed by atoms with Crippen LogP contribution in [0.4, 0.5) is 0 Å². The van der Waals surface area contributed by atoms with Gasteiger partial charge in [-0.1, -0.05) is 35.9 Å². The predicted octanol–water partition coefficient (Wildman–Crippen LogP) is 6.10. The zero-order valence-corrected chi connectivity index (χ0v) is 17.9. The van der Waals surface area contributed by atoms with Gasteiger partial charge in [-0.15, -0.1) is 0 Å². The molecule has 0 fully saturated rings. The van der Waals surface area contributed by atoms with Crippen LogP contribution < -0.4 is 0 Å². The van der Waals surface area contributed by atoms with E-state index < -0.39 is 10.8 Å². The van der Waals surface area contributed by atoms with Gasteiger partial charge in [0.05, 0.1) is 16.4 Å². The second-order valence-corrected chi connectivity index (χ2v) is 9.03. The molecular formula is C24H25ClO3. The van der Waals surface area contributed by atoms with E-state index in [0.717, 1.165) is 22.3 Å². The molecular weight excluding hydrogens is 372 g/mol. The molecule has 0 unspecified atom stereocenters. The monoisotopic (exact) mass is 396 g/mol. The fraction of sp³-hybridized carbons (Fsp3) is 0.333. The number of Topliss-reactive ketones (excluding diaryl/α,β-unsaturated/α-hetero) is 2. The van der Waals surface area contributed by atoms with Crippen molar-refractivity contribution in [3.8, 4) is 11.1 Å². The van der Waals surface area contributed by atoms with Crippen molar-refractivity contribution >= 4 is 28.7 Å². The summed E-state index contributed by atoms with van der Waals surface area (Å²) in [6, 6.07) is 11.6. The zero-order chi connectivity index (χ0) is 21.0. The van der Waals surface area contributed by atoms with E-state index in [1.54, 1.807) is 27.7 Å². The Bertz CT molecular complexity index is 1040. The molecule has 3 nitrogen and oxygen atoms in total. The van der Waals surface area contributed by atoms with Crippen LogP contribution in [0.2, 0.25) is 5.02 Å². The number of halogens is 1. The van der Waals surface area contributed by atoms with E-state index in [-0.39, 0.29) is 22.9 Å². The van der Waals surface area contributed by atoms with E-state index in [4.69, 9.17) is 11.6 Å². The molecule has 3 rings (SSSR count). The van der Waals surface area contributed by atoms with Gasteiger partial charge in [-0.2, -0.15) is 0 Å². The lowest BCUT2D eigenvalue weighted by atomic mass is 9.62. The molecule has 1 aliphatic rings. The van der Waals surface area contributed by atoms with E-state index >= 15 is 0 Å². The fourth-order valence-corrected chi connectivity index (χ4v) is 4.00. The Labute approximate surface area is 171 Å². The molecule has 0 aliphatic heterocycles. The maximum Gasteiger partial charge on any atom is 0.179 e. The first-order valence-electron chi connectivity index (χ1n) is 9.30. The number of hydrogen-bond donors (Lipinski definition) is 1. The smallest absolute Gasteiger partial charge is 0.179 e. The first-order chi connectivity index (χ1) is 12.9. The van der Waals surface area contributed by atoms with Crippen LogP contribution in [-0.2, 0) is 9.59 Å². The molecule has 1 N–H and O–H groups in total. The average Bonchev–Trinajstić information content (AvgIpc) is 2.63. The molecule has 0 heterocycles. The summed E-state index contributed by atoms with van der Waals surface area (Å²) in [7, 11) is 0. The Kier molecular flexibility index (Phi) is 4.79. The Hall–Kier alpha value is -2.39. The minimum Gasteiger partial charge on any atom is -0.510 e. The van der Waals surface area contributed by atoms with Crippen molar-refractivity contribution in [2.24, 2.45) is 10.8 Å². The Morgan fingerprint density at radius 1 is 0.821 bits per heavy atom. The van der Waals surface area contributed by atoms with Gasteiger partial charge in [0.2, 0.25) is 0 Å². The van der Waals surface area contributed by atoms with Gasteiger partial charge in [-0.05, 0) is 81.5 Å². The van der Waals surface area contributed by atoms with Crippen LogP contribution in [0, 0.1) is 24.7 Å². The molecule has 2 aromatic carbocycles. The largest absolute Gasteiger partial charge is 0.510 e. The third kappa shape index (κ3) is 2.98. The quantitative estimate of drug-likeness (QED) is 0.624. The van der Waals surface area contributed by atoms with Crippen molar-refractivity contribution in [1.82, 2.24) is 0 Å². The van der Waals surface area contributed by atoms with Crippen LogP contribution in [0.3, 0.4) is 0 Å². The Morgan fingerprint density at radius 2 is 1.36 bits per heavy atom. The van der Waals surface area contributed by atoms with E-state index in [0.29, 0.717) is 10.6 Å². The number of rotatable bonds is 2. The maximum absolute atomic E-state index is 13.2. The first kappa shape index (κ1) is 20.3. The molecule has 2 aromatic rings. The van der Waals surface area contributed by atoms with Gasteiger partial charge in [-0.25, -0.2) is 0 Å². The summed E-state index contributed by atoms with van der Waals surface area (Å²) in [5, 5.41) is 11.6. The second kappa shape index (κ2) is 6.59. The molecule has 0 radical (unpaired) electrons. The Morgan fingerprint density at radius 3 is 1.93 bits per heavy atom. The molecule has 0 atom stereocenters. The summed E-state index contributed by atoms with van der Waals surface area (Å²) < 4.78 is 0. The highest BCUT2D eigenvalue weighted by molar-refractivity contribution is 6.34. The minimum atomic E-state index is -1.19. The van der Waals surface area contributed by atoms with Gasteiger partial charge in [0.1, 0.15) is 5.76 Å². The van der Waals surface area contributed by atoms with Crippen molar-refractivity contribution in [3.05, 3.63) is 63.9 Å². The highest BCUT2D eigenvalue weighted by Crippen LogP contribution is 2.47. The fourth-order valence-electron chi connectivity index (χ4n) is 3.82. The minimum absolute atomic E-state index is 0.163. The molecule has 0 bridgehead atoms. The number of aryl methyl sites for hydroxylation is 2. The number of ketones is 2. The average molecular weight is 397 g/mol. The molecule has 1 aliphatic carbocycles. The number of aliphatic hydroxyl groups excluding tert-OH is 1. The highest BCUT2D eigenvalue weighted by atomic mass is 35.5. The summed E-state index contributed by atoms with van der Waals surface area (Å²) >= 11 is 6.28. The zero-order valence-electron chi connectivity index (χ0n) is 17.1. The van der Waals surface area contributed by atoms with Gasteiger partial charge in [-0.3, -0.25) is 9.59 Å². The van der Waals surface area contributed by atoms with Gasteiger partial charge in [0.25, 0.3) is 0 Å². The van der Waals surface area contributed by atoms with Crippen LogP contribution in [0.1, 0.15) is 44.4 Å². The number of benzene rings is 2. The normalized spacial score (nSPS) is 18.5. The molecule has 146 valence electrons. The van der Waals surface area contributed by atoms with E-state index in [1.165, 1.54) is 0 Å². The first-order valence-corrected chi connectivity index (χ1v) is 9.67. The van der Waals surface area contributed by atoms with E-state index in [9.17, 15) is 14.7 Å². The lowest BCUT2D eigenvalue weighted by molar-refractivity contribution is -0.143. The highest BCUT2D eigenvalue weighted by Gasteiger charge is 2.53. The maximum atomic E-state index is 13.2. The van der Waals surface area contributed by atoms with Gasteiger partial charge < -0.3 is 5.11 Å². The van der Waals surface area contributed by atoms with Crippen LogP contribution in [0.25, 0.3) is 16.7 Å². The molecule has 0 saturated heterocycles.